The van der Waals surface area contributed by atoms with Gasteiger partial charge in [0, 0.05) is 12.6 Å². The van der Waals surface area contributed by atoms with E-state index in [1.54, 1.807) is 0 Å². The summed E-state index contributed by atoms with van der Waals surface area (Å²) < 4.78 is 0. The van der Waals surface area contributed by atoms with Gasteiger partial charge in [0.25, 0.3) is 0 Å². The maximum atomic E-state index is 6.10. The van der Waals surface area contributed by atoms with Crippen molar-refractivity contribution in [1.82, 2.24) is 0 Å². The van der Waals surface area contributed by atoms with Crippen molar-refractivity contribution in [3.63, 3.8) is 0 Å². The molecule has 1 saturated heterocycles. The minimum absolute atomic E-state index is 0.679. The molecule has 0 amide bonds. The fourth-order valence-corrected chi connectivity index (χ4v) is 2.64. The number of piperidine rings is 1. The molecule has 2 rings (SSSR count). The molecule has 0 bridgehead atoms. The second-order valence-electron chi connectivity index (χ2n) is 4.81. The van der Waals surface area contributed by atoms with Crippen LogP contribution in [0, 0.1) is 6.92 Å². The van der Waals surface area contributed by atoms with Crippen LogP contribution in [-0.2, 0) is 0 Å². The monoisotopic (exact) mass is 218 g/mol. The number of hydrogen-bond donors (Lipinski definition) is 1. The molecule has 2 heteroatoms. The number of benzene rings is 1. The van der Waals surface area contributed by atoms with Crippen molar-refractivity contribution < 1.29 is 0 Å². The van der Waals surface area contributed by atoms with Gasteiger partial charge >= 0.3 is 0 Å². The van der Waals surface area contributed by atoms with Gasteiger partial charge in [-0.2, -0.15) is 0 Å². The maximum absolute atomic E-state index is 6.10. The molecule has 1 atom stereocenters. The molecule has 0 spiro atoms. The molecule has 1 aliphatic rings. The topological polar surface area (TPSA) is 29.3 Å². The second kappa shape index (κ2) is 4.77. The molecule has 1 fully saturated rings. The van der Waals surface area contributed by atoms with Crippen LogP contribution >= 0.6 is 0 Å². The molecule has 88 valence electrons. The van der Waals surface area contributed by atoms with Crippen LogP contribution in [0.4, 0.5) is 11.4 Å². The van der Waals surface area contributed by atoms with Crippen LogP contribution in [0.1, 0.15) is 38.2 Å². The highest BCUT2D eigenvalue weighted by Gasteiger charge is 2.22. The Balaban J connectivity index is 2.30. The molecule has 1 heterocycles. The zero-order valence-corrected chi connectivity index (χ0v) is 10.4. The molecular weight excluding hydrogens is 196 g/mol. The molecule has 0 aliphatic carbocycles. The van der Waals surface area contributed by atoms with Gasteiger partial charge in [0.15, 0.2) is 0 Å². The van der Waals surface area contributed by atoms with Crippen LogP contribution in [0.2, 0.25) is 0 Å². The van der Waals surface area contributed by atoms with E-state index >= 15 is 0 Å². The number of nitrogens with two attached hydrogens (primary N) is 1. The van der Waals surface area contributed by atoms with Gasteiger partial charge < -0.3 is 10.6 Å². The average Bonchev–Trinajstić information content (AvgIpc) is 2.32. The van der Waals surface area contributed by atoms with Crippen molar-refractivity contribution in [2.75, 3.05) is 17.2 Å². The first-order chi connectivity index (χ1) is 7.72. The highest BCUT2D eigenvalue weighted by molar-refractivity contribution is 5.69. The maximum Gasteiger partial charge on any atom is 0.0605 e. The van der Waals surface area contributed by atoms with Crippen molar-refractivity contribution in [2.45, 2.75) is 45.6 Å². The molecule has 1 aliphatic heterocycles. The molecule has 1 aromatic rings. The van der Waals surface area contributed by atoms with Crippen LogP contribution in [-0.4, -0.2) is 12.6 Å². The van der Waals surface area contributed by atoms with E-state index < -0.39 is 0 Å². The lowest BCUT2D eigenvalue weighted by Crippen LogP contribution is -2.39. The first kappa shape index (κ1) is 11.3. The number of nitrogen functional groups attached to an aromatic ring is 1. The molecule has 0 saturated carbocycles. The van der Waals surface area contributed by atoms with E-state index in [1.807, 2.05) is 6.07 Å². The molecule has 1 aromatic carbocycles. The normalized spacial score (nSPS) is 21.1. The Hall–Kier alpha value is -1.18. The van der Waals surface area contributed by atoms with Crippen molar-refractivity contribution >= 4 is 11.4 Å². The van der Waals surface area contributed by atoms with Gasteiger partial charge in [-0.3, -0.25) is 0 Å². The minimum Gasteiger partial charge on any atom is -0.397 e. The fraction of sp³-hybridized carbons (Fsp3) is 0.571. The second-order valence-corrected chi connectivity index (χ2v) is 4.81. The lowest BCUT2D eigenvalue weighted by Gasteiger charge is -2.38. The number of rotatable bonds is 2. The molecule has 0 radical (unpaired) electrons. The molecule has 0 aromatic heterocycles. The van der Waals surface area contributed by atoms with E-state index in [9.17, 15) is 0 Å². The summed E-state index contributed by atoms with van der Waals surface area (Å²) in [5, 5.41) is 0. The lowest BCUT2D eigenvalue weighted by atomic mass is 9.98. The summed E-state index contributed by atoms with van der Waals surface area (Å²) >= 11 is 0. The summed E-state index contributed by atoms with van der Waals surface area (Å²) in [6, 6.07) is 7.02. The van der Waals surface area contributed by atoms with E-state index in [2.05, 4.69) is 30.9 Å². The minimum atomic E-state index is 0.679. The van der Waals surface area contributed by atoms with Crippen LogP contribution in [0.3, 0.4) is 0 Å². The Bertz CT molecular complexity index is 360. The first-order valence-corrected chi connectivity index (χ1v) is 6.35. The first-order valence-electron chi connectivity index (χ1n) is 6.35. The van der Waals surface area contributed by atoms with E-state index in [4.69, 9.17) is 5.73 Å². The lowest BCUT2D eigenvalue weighted by molar-refractivity contribution is 0.450. The standard InChI is InChI=1S/C14H22N2/c1-3-12-6-4-5-9-16(12)14-10-11(2)7-8-13(14)15/h7-8,10,12H,3-6,9,15H2,1-2H3. The van der Waals surface area contributed by atoms with Crippen LogP contribution < -0.4 is 10.6 Å². The molecule has 2 N–H and O–H groups in total. The largest absolute Gasteiger partial charge is 0.397 e. The van der Waals surface area contributed by atoms with Gasteiger partial charge in [-0.05, 0) is 50.3 Å². The van der Waals surface area contributed by atoms with E-state index in [1.165, 1.54) is 36.9 Å². The zero-order chi connectivity index (χ0) is 11.5. The highest BCUT2D eigenvalue weighted by atomic mass is 15.2. The number of hydrogen-bond acceptors (Lipinski definition) is 2. The third-order valence-electron chi connectivity index (χ3n) is 3.59. The van der Waals surface area contributed by atoms with E-state index in [0.717, 1.165) is 12.2 Å². The third-order valence-corrected chi connectivity index (χ3v) is 3.59. The summed E-state index contributed by atoms with van der Waals surface area (Å²) in [4.78, 5) is 2.51. The highest BCUT2D eigenvalue weighted by Crippen LogP contribution is 2.31. The Morgan fingerprint density at radius 1 is 1.38 bits per heavy atom. The summed E-state index contributed by atoms with van der Waals surface area (Å²) in [5.41, 5.74) is 9.56. The van der Waals surface area contributed by atoms with Gasteiger partial charge in [0.05, 0.1) is 11.4 Å². The predicted molar refractivity (Wildman–Crippen MR) is 70.9 cm³/mol. The van der Waals surface area contributed by atoms with Gasteiger partial charge in [0.1, 0.15) is 0 Å². The Morgan fingerprint density at radius 3 is 2.94 bits per heavy atom. The van der Waals surface area contributed by atoms with E-state index in [-0.39, 0.29) is 0 Å². The molecule has 1 unspecified atom stereocenters. The molecule has 16 heavy (non-hydrogen) atoms. The summed E-state index contributed by atoms with van der Waals surface area (Å²) in [5.74, 6) is 0. The van der Waals surface area contributed by atoms with Crippen molar-refractivity contribution in [3.8, 4) is 0 Å². The SMILES string of the molecule is CCC1CCCCN1c1cc(C)ccc1N. The summed E-state index contributed by atoms with van der Waals surface area (Å²) in [6.45, 7) is 5.56. The van der Waals surface area contributed by atoms with Crippen molar-refractivity contribution in [3.05, 3.63) is 23.8 Å². The Kier molecular flexibility index (Phi) is 3.37. The molecule has 2 nitrogen and oxygen atoms in total. The third kappa shape index (κ3) is 2.16. The van der Waals surface area contributed by atoms with Gasteiger partial charge in [-0.1, -0.05) is 13.0 Å². The quantitative estimate of drug-likeness (QED) is 0.771. The van der Waals surface area contributed by atoms with Crippen LogP contribution in [0.25, 0.3) is 0 Å². The van der Waals surface area contributed by atoms with Crippen molar-refractivity contribution in [2.24, 2.45) is 0 Å². The van der Waals surface area contributed by atoms with Crippen LogP contribution in [0.15, 0.2) is 18.2 Å². The van der Waals surface area contributed by atoms with Gasteiger partial charge in [-0.25, -0.2) is 0 Å². The van der Waals surface area contributed by atoms with Gasteiger partial charge in [-0.15, -0.1) is 0 Å². The zero-order valence-electron chi connectivity index (χ0n) is 10.4. The Labute approximate surface area is 98.4 Å². The smallest absolute Gasteiger partial charge is 0.0605 e. The van der Waals surface area contributed by atoms with Gasteiger partial charge in [0.2, 0.25) is 0 Å². The molecular formula is C14H22N2. The number of anilines is 2. The van der Waals surface area contributed by atoms with Crippen molar-refractivity contribution in [1.29, 1.82) is 0 Å². The average molecular weight is 218 g/mol. The summed E-state index contributed by atoms with van der Waals surface area (Å²) in [6.07, 6.45) is 5.18. The fourth-order valence-electron chi connectivity index (χ4n) is 2.64. The van der Waals surface area contributed by atoms with E-state index in [0.29, 0.717) is 6.04 Å². The number of aryl methyl sites for hydroxylation is 1. The Morgan fingerprint density at radius 2 is 2.19 bits per heavy atom. The predicted octanol–water partition coefficient (Wildman–Crippen LogP) is 3.35. The van der Waals surface area contributed by atoms with Crippen LogP contribution in [0.5, 0.6) is 0 Å². The number of nitrogens with zero attached hydrogens (tertiary/aromatic N) is 1. The summed E-state index contributed by atoms with van der Waals surface area (Å²) in [7, 11) is 0.